The molecule has 2 amide bonds. The molecule has 4 rings (SSSR count). The van der Waals surface area contributed by atoms with E-state index in [4.69, 9.17) is 0 Å². The predicted octanol–water partition coefficient (Wildman–Crippen LogP) is 2.57. The zero-order valence-electron chi connectivity index (χ0n) is 14.1. The average Bonchev–Trinajstić information content (AvgIpc) is 3.25. The topological polar surface area (TPSA) is 76.0 Å². The van der Waals surface area contributed by atoms with E-state index in [1.165, 1.54) is 12.8 Å². The Kier molecular flexibility index (Phi) is 4.26. The highest BCUT2D eigenvalue weighted by molar-refractivity contribution is 5.98. The van der Waals surface area contributed by atoms with Gasteiger partial charge in [0.2, 0.25) is 11.8 Å². The molecule has 0 unspecified atom stereocenters. The molecule has 1 aliphatic carbocycles. The van der Waals surface area contributed by atoms with Crippen molar-refractivity contribution in [1.29, 1.82) is 0 Å². The van der Waals surface area contributed by atoms with Gasteiger partial charge in [-0.2, -0.15) is 5.10 Å². The van der Waals surface area contributed by atoms with Crippen LogP contribution in [0.25, 0.3) is 11.1 Å². The Balaban J connectivity index is 1.46. The molecule has 0 spiro atoms. The largest absolute Gasteiger partial charge is 0.353 e. The summed E-state index contributed by atoms with van der Waals surface area (Å²) < 4.78 is 1.79. The molecule has 2 N–H and O–H groups in total. The number of hydrogen-bond donors (Lipinski definition) is 2. The Labute approximate surface area is 146 Å². The van der Waals surface area contributed by atoms with Crippen LogP contribution in [0.3, 0.4) is 0 Å². The van der Waals surface area contributed by atoms with Gasteiger partial charge in [0.1, 0.15) is 5.82 Å². The number of benzene rings is 1. The summed E-state index contributed by atoms with van der Waals surface area (Å²) in [4.78, 5) is 24.7. The Bertz CT molecular complexity index is 778. The predicted molar refractivity (Wildman–Crippen MR) is 94.8 cm³/mol. The third kappa shape index (κ3) is 3.29. The Morgan fingerprint density at radius 1 is 1.24 bits per heavy atom. The van der Waals surface area contributed by atoms with Crippen LogP contribution in [0.4, 0.5) is 5.82 Å². The lowest BCUT2D eigenvalue weighted by Crippen LogP contribution is -2.39. The Hall–Kier alpha value is -2.63. The second-order valence-corrected chi connectivity index (χ2v) is 6.89. The normalized spacial score (nSPS) is 20.2. The van der Waals surface area contributed by atoms with Crippen LogP contribution in [-0.2, 0) is 16.1 Å². The SMILES string of the molecule is O=C(C[C@H]1Cn2ncc(-c3ccccc3)c2NC1=O)NC1CCCC1. The summed E-state index contributed by atoms with van der Waals surface area (Å²) in [7, 11) is 0. The summed E-state index contributed by atoms with van der Waals surface area (Å²) in [6.45, 7) is 0.437. The maximum Gasteiger partial charge on any atom is 0.231 e. The van der Waals surface area contributed by atoms with Crippen LogP contribution in [0.5, 0.6) is 0 Å². The highest BCUT2D eigenvalue weighted by atomic mass is 16.2. The molecule has 2 aliphatic rings. The van der Waals surface area contributed by atoms with E-state index in [1.54, 1.807) is 10.9 Å². The second-order valence-electron chi connectivity index (χ2n) is 6.89. The zero-order valence-corrected chi connectivity index (χ0v) is 14.1. The van der Waals surface area contributed by atoms with Crippen LogP contribution in [-0.4, -0.2) is 27.6 Å². The van der Waals surface area contributed by atoms with E-state index >= 15 is 0 Å². The highest BCUT2D eigenvalue weighted by Gasteiger charge is 2.31. The molecule has 2 aromatic rings. The maximum atomic E-state index is 12.5. The van der Waals surface area contributed by atoms with Crippen molar-refractivity contribution in [3.05, 3.63) is 36.5 Å². The number of rotatable bonds is 4. The van der Waals surface area contributed by atoms with Crippen molar-refractivity contribution in [2.75, 3.05) is 5.32 Å². The van der Waals surface area contributed by atoms with E-state index in [9.17, 15) is 9.59 Å². The molecule has 0 saturated heterocycles. The molecule has 25 heavy (non-hydrogen) atoms. The lowest BCUT2D eigenvalue weighted by Gasteiger charge is -2.24. The summed E-state index contributed by atoms with van der Waals surface area (Å²) in [5, 5.41) is 10.4. The molecular weight excluding hydrogens is 316 g/mol. The van der Waals surface area contributed by atoms with E-state index in [0.717, 1.165) is 24.0 Å². The van der Waals surface area contributed by atoms with E-state index in [2.05, 4.69) is 15.7 Å². The standard InChI is InChI=1S/C19H22N4O2/c24-17(21-15-8-4-5-9-15)10-14-12-23-18(22-19(14)25)16(11-20-23)13-6-2-1-3-7-13/h1-3,6-7,11,14-15H,4-5,8-10,12H2,(H,21,24)(H,22,25)/t14-/m0/s1. The number of nitrogens with one attached hydrogen (secondary N) is 2. The number of hydrogen-bond acceptors (Lipinski definition) is 3. The lowest BCUT2D eigenvalue weighted by molar-refractivity contribution is -0.128. The van der Waals surface area contributed by atoms with Gasteiger partial charge in [-0.05, 0) is 18.4 Å². The van der Waals surface area contributed by atoms with Crippen LogP contribution >= 0.6 is 0 Å². The number of aromatic nitrogens is 2. The molecule has 0 radical (unpaired) electrons. The van der Waals surface area contributed by atoms with Crippen LogP contribution in [0.1, 0.15) is 32.1 Å². The fourth-order valence-corrected chi connectivity index (χ4v) is 3.73. The van der Waals surface area contributed by atoms with Crippen molar-refractivity contribution in [3.63, 3.8) is 0 Å². The lowest BCUT2D eigenvalue weighted by atomic mass is 10.0. The molecule has 1 aromatic heterocycles. The maximum absolute atomic E-state index is 12.5. The van der Waals surface area contributed by atoms with Gasteiger partial charge in [0, 0.05) is 18.0 Å². The molecule has 130 valence electrons. The van der Waals surface area contributed by atoms with E-state index < -0.39 is 0 Å². The Morgan fingerprint density at radius 2 is 2.00 bits per heavy atom. The minimum absolute atomic E-state index is 0.0362. The van der Waals surface area contributed by atoms with Crippen molar-refractivity contribution in [1.82, 2.24) is 15.1 Å². The molecule has 6 nitrogen and oxygen atoms in total. The first-order valence-corrected chi connectivity index (χ1v) is 8.92. The monoisotopic (exact) mass is 338 g/mol. The van der Waals surface area contributed by atoms with Gasteiger partial charge < -0.3 is 10.6 Å². The minimum atomic E-state index is -0.377. The van der Waals surface area contributed by atoms with Crippen molar-refractivity contribution in [2.45, 2.75) is 44.7 Å². The quantitative estimate of drug-likeness (QED) is 0.899. The van der Waals surface area contributed by atoms with Gasteiger partial charge in [0.15, 0.2) is 0 Å². The van der Waals surface area contributed by atoms with Crippen molar-refractivity contribution in [3.8, 4) is 11.1 Å². The summed E-state index contributed by atoms with van der Waals surface area (Å²) in [6, 6.07) is 10.1. The van der Waals surface area contributed by atoms with E-state index in [0.29, 0.717) is 12.4 Å². The molecule has 2 heterocycles. The molecule has 0 bridgehead atoms. The summed E-state index contributed by atoms with van der Waals surface area (Å²) in [5.41, 5.74) is 1.92. The smallest absolute Gasteiger partial charge is 0.231 e. The molecule has 6 heteroatoms. The fraction of sp³-hybridized carbons (Fsp3) is 0.421. The number of anilines is 1. The number of nitrogens with zero attached hydrogens (tertiary/aromatic N) is 2. The minimum Gasteiger partial charge on any atom is -0.353 e. The first kappa shape index (κ1) is 15.9. The summed E-state index contributed by atoms with van der Waals surface area (Å²) in [6.07, 6.45) is 6.43. The number of amides is 2. The zero-order chi connectivity index (χ0) is 17.2. The van der Waals surface area contributed by atoms with E-state index in [-0.39, 0.29) is 30.2 Å². The van der Waals surface area contributed by atoms with Crippen LogP contribution < -0.4 is 10.6 Å². The summed E-state index contributed by atoms with van der Waals surface area (Å²) >= 11 is 0. The number of carbonyl (C=O) groups excluding carboxylic acids is 2. The number of fused-ring (bicyclic) bond motifs is 1. The van der Waals surface area contributed by atoms with Gasteiger partial charge in [-0.15, -0.1) is 0 Å². The van der Waals surface area contributed by atoms with Gasteiger partial charge in [0.25, 0.3) is 0 Å². The van der Waals surface area contributed by atoms with Gasteiger partial charge in [-0.3, -0.25) is 9.59 Å². The molecule has 1 fully saturated rings. The number of carbonyl (C=O) groups is 2. The molecule has 1 saturated carbocycles. The first-order valence-electron chi connectivity index (χ1n) is 8.92. The van der Waals surface area contributed by atoms with Crippen LogP contribution in [0.2, 0.25) is 0 Å². The van der Waals surface area contributed by atoms with Gasteiger partial charge >= 0.3 is 0 Å². The molecular formula is C19H22N4O2. The molecule has 1 aromatic carbocycles. The average molecular weight is 338 g/mol. The van der Waals surface area contributed by atoms with Crippen LogP contribution in [0, 0.1) is 5.92 Å². The third-order valence-electron chi connectivity index (χ3n) is 5.08. The molecule has 1 aliphatic heterocycles. The third-order valence-corrected chi connectivity index (χ3v) is 5.08. The Morgan fingerprint density at radius 3 is 2.76 bits per heavy atom. The van der Waals surface area contributed by atoms with Crippen molar-refractivity contribution in [2.24, 2.45) is 5.92 Å². The fourth-order valence-electron chi connectivity index (χ4n) is 3.73. The summed E-state index contributed by atoms with van der Waals surface area (Å²) in [5.74, 6) is 0.193. The van der Waals surface area contributed by atoms with Crippen molar-refractivity contribution >= 4 is 17.6 Å². The van der Waals surface area contributed by atoms with E-state index in [1.807, 2.05) is 30.3 Å². The molecule has 1 atom stereocenters. The van der Waals surface area contributed by atoms with Gasteiger partial charge in [-0.1, -0.05) is 43.2 Å². The second kappa shape index (κ2) is 6.70. The van der Waals surface area contributed by atoms with Crippen LogP contribution in [0.15, 0.2) is 36.5 Å². The van der Waals surface area contributed by atoms with Crippen molar-refractivity contribution < 1.29 is 9.59 Å². The first-order chi connectivity index (χ1) is 12.2. The highest BCUT2D eigenvalue weighted by Crippen LogP contribution is 2.31. The van der Waals surface area contributed by atoms with Gasteiger partial charge in [-0.25, -0.2) is 4.68 Å². The van der Waals surface area contributed by atoms with Gasteiger partial charge in [0.05, 0.1) is 18.7 Å².